The van der Waals surface area contributed by atoms with Crippen LogP contribution in [0, 0.1) is 0 Å². The van der Waals surface area contributed by atoms with Crippen LogP contribution in [-0.4, -0.2) is 35.2 Å². The first-order valence-electron chi connectivity index (χ1n) is 8.83. The Hall–Kier alpha value is -3.68. The highest BCUT2D eigenvalue weighted by molar-refractivity contribution is 6.11. The second kappa shape index (κ2) is 6.49. The number of urea groups is 1. The van der Waals surface area contributed by atoms with E-state index in [-0.39, 0.29) is 0 Å². The first-order chi connectivity index (χ1) is 13.4. The minimum Gasteiger partial charge on any atom is -0.366 e. The van der Waals surface area contributed by atoms with Crippen molar-refractivity contribution in [3.05, 3.63) is 65.2 Å². The smallest absolute Gasteiger partial charge is 0.325 e. The predicted octanol–water partition coefficient (Wildman–Crippen LogP) is 1.12. The van der Waals surface area contributed by atoms with Gasteiger partial charge in [0, 0.05) is 11.3 Å². The van der Waals surface area contributed by atoms with Crippen LogP contribution < -0.4 is 16.4 Å². The summed E-state index contributed by atoms with van der Waals surface area (Å²) in [5.41, 5.74) is 6.66. The maximum absolute atomic E-state index is 13.0. The molecule has 0 bridgehead atoms. The molecule has 0 aromatic heterocycles. The zero-order valence-corrected chi connectivity index (χ0v) is 14.9. The first kappa shape index (κ1) is 17.7. The fourth-order valence-electron chi connectivity index (χ4n) is 3.80. The number of imide groups is 1. The molecule has 1 spiro atoms. The van der Waals surface area contributed by atoms with Crippen molar-refractivity contribution in [2.75, 3.05) is 11.9 Å². The standard InChI is InChI=1S/C20H18N4O4/c21-17(26)13-5-7-14(8-6-13)22-16(25)11-24-18(27)20(23-19(24)28)10-9-12-3-1-2-4-15(12)20/h1-8H,9-11H2,(H2,21,26)(H,22,25)(H,23,28)/t20-/m0/s1. The molecule has 1 fully saturated rings. The molecule has 4 rings (SSSR count). The van der Waals surface area contributed by atoms with E-state index in [2.05, 4.69) is 10.6 Å². The summed E-state index contributed by atoms with van der Waals surface area (Å²) in [5, 5.41) is 5.39. The van der Waals surface area contributed by atoms with E-state index in [1.54, 1.807) is 0 Å². The van der Waals surface area contributed by atoms with Crippen molar-refractivity contribution in [1.29, 1.82) is 0 Å². The summed E-state index contributed by atoms with van der Waals surface area (Å²) in [6.07, 6.45) is 1.16. The van der Waals surface area contributed by atoms with Gasteiger partial charge in [-0.2, -0.15) is 0 Å². The molecule has 1 saturated heterocycles. The van der Waals surface area contributed by atoms with Gasteiger partial charge in [-0.1, -0.05) is 24.3 Å². The van der Waals surface area contributed by atoms with E-state index >= 15 is 0 Å². The third-order valence-corrected chi connectivity index (χ3v) is 5.18. The monoisotopic (exact) mass is 378 g/mol. The van der Waals surface area contributed by atoms with Gasteiger partial charge in [0.2, 0.25) is 11.8 Å². The number of aryl methyl sites for hydroxylation is 1. The van der Waals surface area contributed by atoms with Crippen molar-refractivity contribution < 1.29 is 19.2 Å². The van der Waals surface area contributed by atoms with Gasteiger partial charge >= 0.3 is 6.03 Å². The van der Waals surface area contributed by atoms with E-state index in [9.17, 15) is 19.2 Å². The van der Waals surface area contributed by atoms with Crippen LogP contribution in [0.5, 0.6) is 0 Å². The number of primary amides is 1. The highest BCUT2D eigenvalue weighted by Crippen LogP contribution is 2.41. The van der Waals surface area contributed by atoms with Gasteiger partial charge in [-0.05, 0) is 48.2 Å². The third-order valence-electron chi connectivity index (χ3n) is 5.18. The molecule has 0 radical (unpaired) electrons. The number of rotatable bonds is 4. The van der Waals surface area contributed by atoms with Gasteiger partial charge in [0.15, 0.2) is 0 Å². The summed E-state index contributed by atoms with van der Waals surface area (Å²) in [7, 11) is 0. The molecule has 0 unspecified atom stereocenters. The SMILES string of the molecule is NC(=O)c1ccc(NC(=O)CN2C(=O)N[C@]3(CCc4ccccc43)C2=O)cc1. The summed E-state index contributed by atoms with van der Waals surface area (Å²) in [6.45, 7) is -0.397. The van der Waals surface area contributed by atoms with Crippen molar-refractivity contribution in [1.82, 2.24) is 10.2 Å². The number of carbonyl (C=O) groups is 4. The van der Waals surface area contributed by atoms with Gasteiger partial charge < -0.3 is 16.4 Å². The van der Waals surface area contributed by atoms with Gasteiger partial charge in [-0.25, -0.2) is 4.79 Å². The lowest BCUT2D eigenvalue weighted by Crippen LogP contribution is -2.43. The summed E-state index contributed by atoms with van der Waals surface area (Å²) < 4.78 is 0. The predicted molar refractivity (Wildman–Crippen MR) is 100 cm³/mol. The van der Waals surface area contributed by atoms with E-state index in [4.69, 9.17) is 5.73 Å². The fraction of sp³-hybridized carbons (Fsp3) is 0.200. The van der Waals surface area contributed by atoms with E-state index < -0.39 is 35.8 Å². The molecule has 1 heterocycles. The molecule has 2 aromatic rings. The molecule has 1 aliphatic heterocycles. The lowest BCUT2D eigenvalue weighted by Gasteiger charge is -2.22. The van der Waals surface area contributed by atoms with Crippen LogP contribution in [-0.2, 0) is 21.5 Å². The molecule has 1 atom stereocenters. The molecule has 8 nitrogen and oxygen atoms in total. The van der Waals surface area contributed by atoms with E-state index in [1.165, 1.54) is 24.3 Å². The van der Waals surface area contributed by atoms with Crippen molar-refractivity contribution >= 4 is 29.4 Å². The molecule has 28 heavy (non-hydrogen) atoms. The number of anilines is 1. The fourth-order valence-corrected chi connectivity index (χ4v) is 3.80. The van der Waals surface area contributed by atoms with Crippen LogP contribution in [0.4, 0.5) is 10.5 Å². The number of hydrogen-bond acceptors (Lipinski definition) is 4. The Morgan fingerprint density at radius 3 is 2.54 bits per heavy atom. The van der Waals surface area contributed by atoms with Crippen LogP contribution in [0.2, 0.25) is 0 Å². The molecule has 4 N–H and O–H groups in total. The van der Waals surface area contributed by atoms with Gasteiger partial charge in [0.25, 0.3) is 5.91 Å². The molecule has 1 aliphatic carbocycles. The lowest BCUT2D eigenvalue weighted by molar-refractivity contribution is -0.134. The number of nitrogens with two attached hydrogens (primary N) is 1. The summed E-state index contributed by atoms with van der Waals surface area (Å²) in [5.74, 6) is -1.50. The number of carbonyl (C=O) groups excluding carboxylic acids is 4. The minimum absolute atomic E-state index is 0.314. The van der Waals surface area contributed by atoms with Gasteiger partial charge in [0.05, 0.1) is 0 Å². The van der Waals surface area contributed by atoms with Gasteiger partial charge in [0.1, 0.15) is 12.1 Å². The Balaban J connectivity index is 1.48. The highest BCUT2D eigenvalue weighted by Gasteiger charge is 2.55. The number of nitrogens with one attached hydrogen (secondary N) is 2. The van der Waals surface area contributed by atoms with Crippen molar-refractivity contribution in [2.24, 2.45) is 5.73 Å². The Labute approximate surface area is 160 Å². The molecule has 8 heteroatoms. The first-order valence-corrected chi connectivity index (χ1v) is 8.83. The average Bonchev–Trinajstić information content (AvgIpc) is 3.16. The Kier molecular flexibility index (Phi) is 4.11. The number of amides is 5. The maximum Gasteiger partial charge on any atom is 0.325 e. The van der Waals surface area contributed by atoms with Crippen LogP contribution >= 0.6 is 0 Å². The lowest BCUT2D eigenvalue weighted by atomic mass is 9.92. The Morgan fingerprint density at radius 1 is 1.11 bits per heavy atom. The number of fused-ring (bicyclic) bond motifs is 2. The summed E-state index contributed by atoms with van der Waals surface area (Å²) >= 11 is 0. The van der Waals surface area contributed by atoms with E-state index in [0.717, 1.165) is 16.0 Å². The molecule has 0 saturated carbocycles. The third kappa shape index (κ3) is 2.79. The minimum atomic E-state index is -1.09. The molecular weight excluding hydrogens is 360 g/mol. The highest BCUT2D eigenvalue weighted by atomic mass is 16.2. The topological polar surface area (TPSA) is 122 Å². The Bertz CT molecular complexity index is 1000. The average molecular weight is 378 g/mol. The van der Waals surface area contributed by atoms with Gasteiger partial charge in [-0.15, -0.1) is 0 Å². The molecule has 5 amide bonds. The normalized spacial score (nSPS) is 20.2. The number of hydrogen-bond donors (Lipinski definition) is 3. The second-order valence-corrected chi connectivity index (χ2v) is 6.87. The largest absolute Gasteiger partial charge is 0.366 e. The Morgan fingerprint density at radius 2 is 1.82 bits per heavy atom. The molecule has 2 aliphatic rings. The maximum atomic E-state index is 13.0. The van der Waals surface area contributed by atoms with Crippen molar-refractivity contribution in [3.8, 4) is 0 Å². The summed E-state index contributed by atoms with van der Waals surface area (Å²) in [6, 6.07) is 12.9. The number of nitrogens with zero attached hydrogens (tertiary/aromatic N) is 1. The zero-order valence-electron chi connectivity index (χ0n) is 14.9. The zero-order chi connectivity index (χ0) is 19.9. The van der Waals surface area contributed by atoms with Crippen LogP contribution in [0.25, 0.3) is 0 Å². The summed E-state index contributed by atoms with van der Waals surface area (Å²) in [4.78, 5) is 49.8. The van der Waals surface area contributed by atoms with Crippen LogP contribution in [0.15, 0.2) is 48.5 Å². The van der Waals surface area contributed by atoms with Crippen molar-refractivity contribution in [2.45, 2.75) is 18.4 Å². The van der Waals surface area contributed by atoms with Crippen LogP contribution in [0.1, 0.15) is 27.9 Å². The van der Waals surface area contributed by atoms with Gasteiger partial charge in [-0.3, -0.25) is 19.3 Å². The van der Waals surface area contributed by atoms with Crippen molar-refractivity contribution in [3.63, 3.8) is 0 Å². The van der Waals surface area contributed by atoms with Crippen LogP contribution in [0.3, 0.4) is 0 Å². The second-order valence-electron chi connectivity index (χ2n) is 6.87. The quantitative estimate of drug-likeness (QED) is 0.690. The van der Waals surface area contributed by atoms with E-state index in [0.29, 0.717) is 24.1 Å². The molecule has 142 valence electrons. The molecular formula is C20H18N4O4. The van der Waals surface area contributed by atoms with E-state index in [1.807, 2.05) is 24.3 Å². The molecule has 2 aromatic carbocycles. The number of benzene rings is 2.